The molecule has 15 heavy (non-hydrogen) atoms. The minimum Gasteiger partial charge on any atom is -0.384 e. The topological polar surface area (TPSA) is 24.9 Å². The molecule has 1 N–H and O–H groups in total. The molecule has 0 aromatic carbocycles. The smallest absolute Gasteiger partial charge is 0.0590 e. The number of hydrogen-bond acceptors (Lipinski definition) is 2. The fourth-order valence-corrected chi connectivity index (χ4v) is 1.89. The predicted octanol–water partition coefficient (Wildman–Crippen LogP) is 4.06. The Balaban J connectivity index is 2.12. The van der Waals surface area contributed by atoms with Crippen LogP contribution in [-0.2, 0) is 0 Å². The third-order valence-electron chi connectivity index (χ3n) is 2.15. The Hall–Kier alpha value is -0.280. The van der Waals surface area contributed by atoms with E-state index in [0.29, 0.717) is 0 Å². The Morgan fingerprint density at radius 1 is 1.27 bits per heavy atom. The second kappa shape index (κ2) is 7.94. The summed E-state index contributed by atoms with van der Waals surface area (Å²) in [5.74, 6) is 0.781. The summed E-state index contributed by atoms with van der Waals surface area (Å²) in [5.41, 5.74) is 1.11. The van der Waals surface area contributed by atoms with Gasteiger partial charge in [-0.3, -0.25) is 4.98 Å². The Labute approximate surface area is 105 Å². The van der Waals surface area contributed by atoms with Crippen LogP contribution in [0.4, 0.5) is 5.69 Å². The number of rotatable bonds is 7. The van der Waals surface area contributed by atoms with Gasteiger partial charge in [-0.1, -0.05) is 12.8 Å². The molecule has 0 radical (unpaired) electrons. The molecule has 0 amide bonds. The van der Waals surface area contributed by atoms with E-state index >= 15 is 0 Å². The van der Waals surface area contributed by atoms with Crippen molar-refractivity contribution in [2.24, 2.45) is 0 Å². The molecule has 2 nitrogen and oxygen atoms in total. The lowest BCUT2D eigenvalue weighted by Gasteiger charge is -2.07. The van der Waals surface area contributed by atoms with Gasteiger partial charge in [-0.2, -0.15) is 0 Å². The van der Waals surface area contributed by atoms with E-state index in [-0.39, 0.29) is 0 Å². The summed E-state index contributed by atoms with van der Waals surface area (Å²) in [7, 11) is 0. The molecule has 0 atom stereocenters. The Kier molecular flexibility index (Phi) is 6.77. The van der Waals surface area contributed by atoms with Crippen LogP contribution in [0.1, 0.15) is 25.7 Å². The van der Waals surface area contributed by atoms with Gasteiger partial charge in [-0.25, -0.2) is 0 Å². The molecule has 1 heterocycles. The van der Waals surface area contributed by atoms with E-state index in [1.54, 1.807) is 12.4 Å². The normalized spacial score (nSPS) is 10.3. The molecule has 0 fully saturated rings. The first-order valence-corrected chi connectivity index (χ1v) is 6.56. The van der Waals surface area contributed by atoms with Crippen LogP contribution >= 0.6 is 27.5 Å². The molecular weight excluding hydrogens is 275 g/mol. The molecular formula is C11H16BrClN2. The standard InChI is InChI=1S/C11H16BrClN2/c12-10-9-14-8-5-11(10)15-7-4-2-1-3-6-13/h5,8-9H,1-4,6-7H2,(H,14,15). The highest BCUT2D eigenvalue weighted by Gasteiger charge is 1.96. The maximum atomic E-state index is 5.60. The molecule has 4 heteroatoms. The van der Waals surface area contributed by atoms with Crippen LogP contribution in [0.25, 0.3) is 0 Å². The molecule has 0 spiro atoms. The number of halogens is 2. The van der Waals surface area contributed by atoms with Gasteiger partial charge >= 0.3 is 0 Å². The lowest BCUT2D eigenvalue weighted by Crippen LogP contribution is -2.02. The molecule has 1 rings (SSSR count). The Morgan fingerprint density at radius 3 is 2.80 bits per heavy atom. The molecule has 0 saturated heterocycles. The quantitative estimate of drug-likeness (QED) is 0.605. The van der Waals surface area contributed by atoms with Crippen molar-refractivity contribution in [3.05, 3.63) is 22.9 Å². The van der Waals surface area contributed by atoms with Gasteiger partial charge in [-0.15, -0.1) is 11.6 Å². The van der Waals surface area contributed by atoms with Crippen molar-refractivity contribution in [3.63, 3.8) is 0 Å². The highest BCUT2D eigenvalue weighted by molar-refractivity contribution is 9.10. The number of alkyl halides is 1. The summed E-state index contributed by atoms with van der Waals surface area (Å²) in [6, 6.07) is 1.98. The first-order chi connectivity index (χ1) is 7.34. The molecule has 1 aromatic rings. The van der Waals surface area contributed by atoms with Gasteiger partial charge in [0.1, 0.15) is 0 Å². The van der Waals surface area contributed by atoms with E-state index in [0.717, 1.165) is 29.0 Å². The third-order valence-corrected chi connectivity index (χ3v) is 3.05. The van der Waals surface area contributed by atoms with Crippen molar-refractivity contribution in [1.29, 1.82) is 0 Å². The zero-order chi connectivity index (χ0) is 10.9. The summed E-state index contributed by atoms with van der Waals surface area (Å²) in [4.78, 5) is 4.01. The van der Waals surface area contributed by atoms with Gasteiger partial charge in [0.15, 0.2) is 0 Å². The summed E-state index contributed by atoms with van der Waals surface area (Å²) in [6.07, 6.45) is 8.37. The van der Waals surface area contributed by atoms with E-state index in [9.17, 15) is 0 Å². The molecule has 1 aromatic heterocycles. The van der Waals surface area contributed by atoms with Crippen molar-refractivity contribution >= 4 is 33.2 Å². The summed E-state index contributed by atoms with van der Waals surface area (Å²) in [6.45, 7) is 1.00. The Morgan fingerprint density at radius 2 is 2.07 bits per heavy atom. The van der Waals surface area contributed by atoms with E-state index in [4.69, 9.17) is 11.6 Å². The van der Waals surface area contributed by atoms with Crippen molar-refractivity contribution in [2.45, 2.75) is 25.7 Å². The van der Waals surface area contributed by atoms with E-state index < -0.39 is 0 Å². The fraction of sp³-hybridized carbons (Fsp3) is 0.545. The monoisotopic (exact) mass is 290 g/mol. The van der Waals surface area contributed by atoms with Crippen molar-refractivity contribution in [2.75, 3.05) is 17.7 Å². The highest BCUT2D eigenvalue weighted by Crippen LogP contribution is 2.19. The SMILES string of the molecule is ClCCCCCCNc1ccncc1Br. The van der Waals surface area contributed by atoms with E-state index in [1.165, 1.54) is 19.3 Å². The number of aromatic nitrogens is 1. The minimum atomic E-state index is 0.781. The van der Waals surface area contributed by atoms with Gasteiger partial charge in [-0.05, 0) is 34.8 Å². The van der Waals surface area contributed by atoms with Crippen LogP contribution in [0.5, 0.6) is 0 Å². The predicted molar refractivity (Wildman–Crippen MR) is 69.6 cm³/mol. The largest absolute Gasteiger partial charge is 0.384 e. The van der Waals surface area contributed by atoms with Crippen LogP contribution in [0.3, 0.4) is 0 Å². The van der Waals surface area contributed by atoms with E-state index in [1.807, 2.05) is 6.07 Å². The van der Waals surface area contributed by atoms with Gasteiger partial charge in [0.25, 0.3) is 0 Å². The number of nitrogens with one attached hydrogen (secondary N) is 1. The van der Waals surface area contributed by atoms with Crippen LogP contribution in [-0.4, -0.2) is 17.4 Å². The molecule has 0 aliphatic rings. The third kappa shape index (κ3) is 5.38. The maximum Gasteiger partial charge on any atom is 0.0590 e. The molecule has 0 bridgehead atoms. The van der Waals surface area contributed by atoms with E-state index in [2.05, 4.69) is 26.2 Å². The fourth-order valence-electron chi connectivity index (χ4n) is 1.31. The number of hydrogen-bond donors (Lipinski definition) is 1. The second-order valence-corrected chi connectivity index (χ2v) is 4.62. The molecule has 0 unspecified atom stereocenters. The average molecular weight is 292 g/mol. The molecule has 0 saturated carbocycles. The number of pyridine rings is 1. The maximum absolute atomic E-state index is 5.60. The zero-order valence-electron chi connectivity index (χ0n) is 8.68. The van der Waals surface area contributed by atoms with Crippen LogP contribution < -0.4 is 5.32 Å². The van der Waals surface area contributed by atoms with Crippen LogP contribution in [0.2, 0.25) is 0 Å². The molecule has 84 valence electrons. The van der Waals surface area contributed by atoms with Crippen LogP contribution in [0, 0.1) is 0 Å². The van der Waals surface area contributed by atoms with Gasteiger partial charge in [0.2, 0.25) is 0 Å². The molecule has 0 aliphatic carbocycles. The zero-order valence-corrected chi connectivity index (χ0v) is 11.0. The summed E-state index contributed by atoms with van der Waals surface area (Å²) in [5, 5.41) is 3.37. The lowest BCUT2D eigenvalue weighted by atomic mass is 10.2. The van der Waals surface area contributed by atoms with Crippen LogP contribution in [0.15, 0.2) is 22.9 Å². The average Bonchev–Trinajstić information content (AvgIpc) is 2.25. The highest BCUT2D eigenvalue weighted by atomic mass is 79.9. The Bertz CT molecular complexity index is 281. The summed E-state index contributed by atoms with van der Waals surface area (Å²) >= 11 is 9.05. The first kappa shape index (κ1) is 12.8. The van der Waals surface area contributed by atoms with Crippen molar-refractivity contribution < 1.29 is 0 Å². The van der Waals surface area contributed by atoms with Gasteiger partial charge in [0, 0.05) is 24.8 Å². The van der Waals surface area contributed by atoms with Gasteiger partial charge < -0.3 is 5.32 Å². The molecule has 0 aliphatic heterocycles. The number of unbranched alkanes of at least 4 members (excludes halogenated alkanes) is 3. The number of anilines is 1. The second-order valence-electron chi connectivity index (χ2n) is 3.39. The minimum absolute atomic E-state index is 0.781. The first-order valence-electron chi connectivity index (χ1n) is 5.24. The lowest BCUT2D eigenvalue weighted by molar-refractivity contribution is 0.687. The van der Waals surface area contributed by atoms with Gasteiger partial charge in [0.05, 0.1) is 10.2 Å². The number of nitrogens with zero attached hydrogens (tertiary/aromatic N) is 1. The van der Waals surface area contributed by atoms with Crippen molar-refractivity contribution in [3.8, 4) is 0 Å². The summed E-state index contributed by atoms with van der Waals surface area (Å²) < 4.78 is 1.02. The van der Waals surface area contributed by atoms with Crippen molar-refractivity contribution in [1.82, 2.24) is 4.98 Å².